The second-order valence-corrected chi connectivity index (χ2v) is 21.2. The van der Waals surface area contributed by atoms with E-state index in [9.17, 15) is 53.1 Å². The van der Waals surface area contributed by atoms with Crippen molar-refractivity contribution < 1.29 is 81.8 Å². The Morgan fingerprint density at radius 1 is 0.699 bits per heavy atom. The highest BCUT2D eigenvalue weighted by atomic mass is 16.6. The van der Waals surface area contributed by atoms with Crippen molar-refractivity contribution in [2.75, 3.05) is 47.0 Å². The molecule has 0 aromatic heterocycles. The highest BCUT2D eigenvalue weighted by molar-refractivity contribution is 5.97. The lowest BCUT2D eigenvalue weighted by Crippen LogP contribution is -2.59. The van der Waals surface area contributed by atoms with Crippen LogP contribution in [0.1, 0.15) is 97.0 Å². The minimum absolute atomic E-state index is 0.0139. The highest BCUT2D eigenvalue weighted by Crippen LogP contribution is 2.59. The predicted molar refractivity (Wildman–Crippen MR) is 294 cm³/mol. The fourth-order valence-corrected chi connectivity index (χ4v) is 9.95. The molecule has 1 saturated carbocycles. The summed E-state index contributed by atoms with van der Waals surface area (Å²) in [5.41, 5.74) is 15.6. The summed E-state index contributed by atoms with van der Waals surface area (Å²) in [5.74, 6) is -9.98. The third-order valence-corrected chi connectivity index (χ3v) is 14.4. The number of ether oxygens (including phenoxy) is 5. The Morgan fingerprint density at radius 3 is 1.77 bits per heavy atom. The number of amides is 8. The van der Waals surface area contributed by atoms with Crippen LogP contribution in [0, 0.1) is 22.7 Å². The van der Waals surface area contributed by atoms with Crippen molar-refractivity contribution in [3.8, 4) is 5.75 Å². The van der Waals surface area contributed by atoms with Gasteiger partial charge in [0.15, 0.2) is 11.9 Å². The van der Waals surface area contributed by atoms with E-state index in [1.165, 1.54) is 14.2 Å². The minimum atomic E-state index is -1.89. The molecule has 11 atom stereocenters. The Hall–Kier alpha value is -8.06. The molecule has 0 bridgehead atoms. The molecule has 0 radical (unpaired) electrons. The van der Waals surface area contributed by atoms with E-state index < -0.39 is 145 Å². The molecule has 462 valence electrons. The Labute approximate surface area is 479 Å². The van der Waals surface area contributed by atoms with Crippen LogP contribution in [0.3, 0.4) is 0 Å². The second-order valence-electron chi connectivity index (χ2n) is 21.2. The number of alkyl carbamates (subject to hydrolysis) is 1. The van der Waals surface area contributed by atoms with Gasteiger partial charge in [0.2, 0.25) is 41.4 Å². The van der Waals surface area contributed by atoms with Crippen molar-refractivity contribution >= 4 is 71.3 Å². The van der Waals surface area contributed by atoms with Crippen LogP contribution in [0.5, 0.6) is 5.75 Å². The van der Waals surface area contributed by atoms with Crippen LogP contribution in [0.15, 0.2) is 24.3 Å². The quantitative estimate of drug-likeness (QED) is 0.0138. The maximum Gasteiger partial charge on any atom is 0.407 e. The lowest BCUT2D eigenvalue weighted by Gasteiger charge is -2.42. The van der Waals surface area contributed by atoms with E-state index in [4.69, 9.17) is 56.8 Å². The number of rotatable bonds is 36. The van der Waals surface area contributed by atoms with Gasteiger partial charge in [0, 0.05) is 33.0 Å². The average Bonchev–Trinajstić information content (AvgIpc) is 2.01. The van der Waals surface area contributed by atoms with Gasteiger partial charge in [0.05, 0.1) is 38.7 Å². The van der Waals surface area contributed by atoms with Crippen LogP contribution in [0.4, 0.5) is 4.79 Å². The first kappa shape index (κ1) is 67.4. The molecule has 4 rings (SSSR count). The smallest absolute Gasteiger partial charge is 0.407 e. The van der Waals surface area contributed by atoms with Gasteiger partial charge >= 0.3 is 18.0 Å². The number of benzene rings is 1. The Bertz CT molecular complexity index is 2480. The summed E-state index contributed by atoms with van der Waals surface area (Å²) in [5, 5.41) is 55.7. The van der Waals surface area contributed by atoms with Crippen molar-refractivity contribution in [3.05, 3.63) is 29.8 Å². The molecule has 1 aliphatic carbocycles. The third-order valence-electron chi connectivity index (χ3n) is 14.4. The zero-order valence-corrected chi connectivity index (χ0v) is 47.4. The summed E-state index contributed by atoms with van der Waals surface area (Å²) < 4.78 is 29.2. The van der Waals surface area contributed by atoms with Gasteiger partial charge in [-0.1, -0.05) is 26.0 Å². The molecule has 1 unspecified atom stereocenters. The van der Waals surface area contributed by atoms with Crippen molar-refractivity contribution in [2.45, 2.75) is 158 Å². The third kappa shape index (κ3) is 22.0. The van der Waals surface area contributed by atoms with Crippen molar-refractivity contribution in [2.24, 2.45) is 29.0 Å². The lowest BCUT2D eigenvalue weighted by atomic mass is 9.68. The fraction of sp³-hybridized carbons (Fsp3) is 0.654. The molecule has 1 aromatic rings. The minimum Gasteiger partial charge on any atom is -0.497 e. The molecule has 3 fully saturated rings. The van der Waals surface area contributed by atoms with Gasteiger partial charge in [-0.15, -0.1) is 0 Å². The van der Waals surface area contributed by atoms with E-state index in [2.05, 4.69) is 61.7 Å². The lowest BCUT2D eigenvalue weighted by molar-refractivity contribution is -0.141. The molecule has 2 aliphatic heterocycles. The summed E-state index contributed by atoms with van der Waals surface area (Å²) in [7, 11) is 2.94. The van der Waals surface area contributed by atoms with E-state index >= 15 is 0 Å². The van der Waals surface area contributed by atoms with Crippen LogP contribution in [-0.2, 0) is 68.5 Å². The SMILES string of the molecule is COc1ccc(C[C@H](NC(=O)[C@H](CC(=O)O)NC(=O)CNC(=O)[C@H](CCCNC(=N)N)NC(=O)CNC(=O)O[C@@H]2CC[C@]3(CO3)[C@@H]([C@@]3(C)O[C@@H]3CCC(C)C)C2OC)C(=O)N[C@@H](CCCNC(=N)N)C(=O)N[C@@H](CCC(=O)O)C(N)=O)cc1. The Kier molecular flexibility index (Phi) is 26.0. The number of carboxylic acids is 2. The number of epoxide rings is 2. The number of hydrogen-bond acceptors (Lipinski definition) is 17. The predicted octanol–water partition coefficient (Wildman–Crippen LogP) is -2.99. The number of carboxylic acid groups (broad SMARTS) is 2. The van der Waals surface area contributed by atoms with E-state index in [1.807, 2.05) is 6.92 Å². The molecule has 8 amide bonds. The van der Waals surface area contributed by atoms with Gasteiger partial charge in [-0.3, -0.25) is 54.0 Å². The standard InChI is InChI=1S/C52H82N14O17/c1-27(2)10-16-36-51(3,83-36)42-41(80-5)35(18-19-52(42)26-81-52)82-50(78)61-25-38(68)62-31(8-6-20-58-48(54)55)44(74)60-24-37(67)63-34(23-40(71)72)47(77)66-33(22-28-11-13-29(79-4)14-12-28)46(76)65-32(9-7-21-59-49(56)57)45(75)64-30(43(53)73)15-17-39(69)70/h11-14,27,30-36,41-42H,6-10,15-26H2,1-5H3,(H2,53,73)(H,60,74)(H,61,78)(H,62,68)(H,63,67)(H,64,75)(H,65,76)(H,66,77)(H,69,70)(H,71,72)(H4,54,55,58)(H4,56,57,59)/t30-,31-,32-,33-,34-,35+,36+,41?,42+,51-,52-/m0/s1. The normalized spacial score (nSPS) is 22.1. The number of nitrogens with one attached hydrogen (secondary N) is 11. The summed E-state index contributed by atoms with van der Waals surface area (Å²) in [6.45, 7) is 5.45. The molecule has 1 spiro atoms. The van der Waals surface area contributed by atoms with Gasteiger partial charge in [0.25, 0.3) is 0 Å². The molecule has 31 nitrogen and oxygen atoms in total. The number of hydrogen-bond donors (Lipinski definition) is 16. The second kappa shape index (κ2) is 32.0. The van der Waals surface area contributed by atoms with Crippen molar-refractivity contribution in [1.82, 2.24) is 47.9 Å². The van der Waals surface area contributed by atoms with Crippen molar-refractivity contribution in [1.29, 1.82) is 10.8 Å². The average molecular weight is 1180 g/mol. The monoisotopic (exact) mass is 1170 g/mol. The zero-order valence-electron chi connectivity index (χ0n) is 47.4. The number of carbonyl (C=O) groups is 10. The van der Waals surface area contributed by atoms with E-state index in [-0.39, 0.29) is 69.6 Å². The molecule has 83 heavy (non-hydrogen) atoms. The van der Waals surface area contributed by atoms with E-state index in [0.29, 0.717) is 36.7 Å². The molecule has 2 saturated heterocycles. The van der Waals surface area contributed by atoms with Crippen LogP contribution >= 0.6 is 0 Å². The summed E-state index contributed by atoms with van der Waals surface area (Å²) in [4.78, 5) is 131. The van der Waals surface area contributed by atoms with Crippen LogP contribution in [-0.4, -0.2) is 188 Å². The number of carbonyl (C=O) groups excluding carboxylic acids is 8. The van der Waals surface area contributed by atoms with Gasteiger partial charge in [-0.2, -0.15) is 0 Å². The van der Waals surface area contributed by atoms with Gasteiger partial charge in [-0.25, -0.2) is 4.79 Å². The largest absolute Gasteiger partial charge is 0.497 e. The number of nitrogens with two attached hydrogens (primary N) is 3. The summed E-state index contributed by atoms with van der Waals surface area (Å²) in [6, 6.07) is -1.57. The first-order chi connectivity index (χ1) is 39.2. The Balaban J connectivity index is 1.43. The molecule has 31 heteroatoms. The number of guanidine groups is 2. The topological polar surface area (TPSA) is 498 Å². The summed E-state index contributed by atoms with van der Waals surface area (Å²) in [6.07, 6.45) is -1.66. The molecule has 3 aliphatic rings. The first-order valence-electron chi connectivity index (χ1n) is 27.3. The Morgan fingerprint density at radius 2 is 1.24 bits per heavy atom. The van der Waals surface area contributed by atoms with Gasteiger partial charge < -0.3 is 98.9 Å². The maximum atomic E-state index is 14.2. The van der Waals surface area contributed by atoms with Crippen LogP contribution < -0.4 is 69.8 Å². The number of primary amides is 1. The molecule has 1 aromatic carbocycles. The number of aliphatic carboxylic acids is 2. The molecular weight excluding hydrogens is 1090 g/mol. The molecule has 19 N–H and O–H groups in total. The van der Waals surface area contributed by atoms with Gasteiger partial charge in [0.1, 0.15) is 65.9 Å². The van der Waals surface area contributed by atoms with Gasteiger partial charge in [-0.05, 0) is 88.3 Å². The maximum absolute atomic E-state index is 14.2. The van der Waals surface area contributed by atoms with Crippen LogP contribution in [0.2, 0.25) is 0 Å². The van der Waals surface area contributed by atoms with Crippen LogP contribution in [0.25, 0.3) is 0 Å². The zero-order chi connectivity index (χ0) is 61.6. The van der Waals surface area contributed by atoms with E-state index in [0.717, 1.165) is 12.8 Å². The van der Waals surface area contributed by atoms with Crippen molar-refractivity contribution in [3.63, 3.8) is 0 Å². The fourth-order valence-electron chi connectivity index (χ4n) is 9.95. The highest BCUT2D eigenvalue weighted by Gasteiger charge is 2.72. The summed E-state index contributed by atoms with van der Waals surface area (Å²) >= 11 is 0. The van der Waals surface area contributed by atoms with E-state index in [1.54, 1.807) is 24.3 Å². The first-order valence-corrected chi connectivity index (χ1v) is 27.3. The number of methoxy groups -OCH3 is 2. The molecular formula is C52H82N14O17. The molecule has 2 heterocycles.